The third kappa shape index (κ3) is 4.79. The molecule has 0 aromatic heterocycles. The van der Waals surface area contributed by atoms with Gasteiger partial charge in [0.1, 0.15) is 6.61 Å². The molecule has 2 aromatic carbocycles. The van der Waals surface area contributed by atoms with Crippen LogP contribution in [0.3, 0.4) is 0 Å². The number of carbonyl (C=O) groups is 2. The van der Waals surface area contributed by atoms with E-state index in [1.54, 1.807) is 35.2 Å². The fourth-order valence-corrected chi connectivity index (χ4v) is 3.05. The molecule has 0 spiro atoms. The van der Waals surface area contributed by atoms with E-state index in [1.165, 1.54) is 19.2 Å². The van der Waals surface area contributed by atoms with Crippen molar-refractivity contribution in [3.05, 3.63) is 53.3 Å². The van der Waals surface area contributed by atoms with Crippen LogP contribution in [-0.4, -0.2) is 38.7 Å². The molecule has 1 aliphatic heterocycles. The molecule has 1 N–H and O–H groups in total. The summed E-state index contributed by atoms with van der Waals surface area (Å²) in [5, 5.41) is 3.23. The summed E-state index contributed by atoms with van der Waals surface area (Å²) in [6, 6.07) is 11.0. The number of halogens is 2. The Morgan fingerprint density at radius 2 is 2.00 bits per heavy atom. The number of carbonyl (C=O) groups excluding carboxylic acids is 2. The van der Waals surface area contributed by atoms with Crippen molar-refractivity contribution in [2.75, 3.05) is 37.1 Å². The van der Waals surface area contributed by atoms with Crippen molar-refractivity contribution in [2.45, 2.75) is 6.42 Å². The molecule has 1 aliphatic rings. The van der Waals surface area contributed by atoms with Gasteiger partial charge in [-0.1, -0.05) is 11.6 Å². The molecule has 8 heteroatoms. The molecule has 2 amide bonds. The van der Waals surface area contributed by atoms with E-state index in [-0.39, 0.29) is 37.1 Å². The SMILES string of the molecule is COCCOc1ccc(NC(=O)C2CC(=O)N(c3ccc(Cl)cc3)C2)cc1F. The number of rotatable bonds is 7. The minimum Gasteiger partial charge on any atom is -0.488 e. The van der Waals surface area contributed by atoms with Gasteiger partial charge in [-0.05, 0) is 36.4 Å². The van der Waals surface area contributed by atoms with E-state index in [1.807, 2.05) is 0 Å². The lowest BCUT2D eigenvalue weighted by Gasteiger charge is -2.17. The molecule has 3 rings (SSSR count). The van der Waals surface area contributed by atoms with Gasteiger partial charge in [-0.3, -0.25) is 9.59 Å². The summed E-state index contributed by atoms with van der Waals surface area (Å²) in [5.74, 6) is -1.50. The Balaban J connectivity index is 1.61. The highest BCUT2D eigenvalue weighted by Gasteiger charge is 2.35. The number of hydrogen-bond donors (Lipinski definition) is 1. The summed E-state index contributed by atoms with van der Waals surface area (Å²) in [6.07, 6.45) is 0.0924. The number of nitrogens with zero attached hydrogens (tertiary/aromatic N) is 1. The first-order valence-corrected chi connectivity index (χ1v) is 9.14. The second-order valence-corrected chi connectivity index (χ2v) is 6.79. The van der Waals surface area contributed by atoms with Gasteiger partial charge >= 0.3 is 0 Å². The Morgan fingerprint density at radius 3 is 2.68 bits per heavy atom. The van der Waals surface area contributed by atoms with E-state index < -0.39 is 11.7 Å². The van der Waals surface area contributed by atoms with Gasteiger partial charge in [-0.2, -0.15) is 0 Å². The normalized spacial score (nSPS) is 16.3. The van der Waals surface area contributed by atoms with Crippen molar-refractivity contribution in [2.24, 2.45) is 5.92 Å². The number of benzene rings is 2. The molecule has 2 aromatic rings. The molecule has 0 bridgehead atoms. The van der Waals surface area contributed by atoms with Crippen LogP contribution >= 0.6 is 11.6 Å². The predicted octanol–water partition coefficient (Wildman–Crippen LogP) is 3.50. The summed E-state index contributed by atoms with van der Waals surface area (Å²) in [5.41, 5.74) is 0.993. The Bertz CT molecular complexity index is 860. The zero-order valence-corrected chi connectivity index (χ0v) is 16.0. The first kappa shape index (κ1) is 20.1. The summed E-state index contributed by atoms with van der Waals surface area (Å²) in [4.78, 5) is 26.3. The van der Waals surface area contributed by atoms with Gasteiger partial charge < -0.3 is 19.7 Å². The molecule has 0 radical (unpaired) electrons. The van der Waals surface area contributed by atoms with Crippen LogP contribution in [0.1, 0.15) is 6.42 Å². The summed E-state index contributed by atoms with van der Waals surface area (Å²) < 4.78 is 24.2. The maximum Gasteiger partial charge on any atom is 0.229 e. The van der Waals surface area contributed by atoms with Crippen LogP contribution in [0.15, 0.2) is 42.5 Å². The predicted molar refractivity (Wildman–Crippen MR) is 104 cm³/mol. The van der Waals surface area contributed by atoms with Crippen molar-refractivity contribution in [3.8, 4) is 5.75 Å². The highest BCUT2D eigenvalue weighted by atomic mass is 35.5. The van der Waals surface area contributed by atoms with E-state index in [0.29, 0.717) is 23.0 Å². The van der Waals surface area contributed by atoms with Gasteiger partial charge in [0.05, 0.1) is 12.5 Å². The maximum atomic E-state index is 14.1. The van der Waals surface area contributed by atoms with Crippen LogP contribution in [0.4, 0.5) is 15.8 Å². The monoisotopic (exact) mass is 406 g/mol. The minimum atomic E-state index is -0.584. The van der Waals surface area contributed by atoms with E-state index in [0.717, 1.165) is 0 Å². The maximum absolute atomic E-state index is 14.1. The molecule has 1 unspecified atom stereocenters. The number of amides is 2. The number of hydrogen-bond acceptors (Lipinski definition) is 4. The van der Waals surface area contributed by atoms with Crippen molar-refractivity contribution >= 4 is 34.8 Å². The summed E-state index contributed by atoms with van der Waals surface area (Å²) in [7, 11) is 1.53. The molecule has 1 fully saturated rings. The van der Waals surface area contributed by atoms with E-state index in [4.69, 9.17) is 21.1 Å². The van der Waals surface area contributed by atoms with Crippen molar-refractivity contribution in [3.63, 3.8) is 0 Å². The van der Waals surface area contributed by atoms with Crippen LogP contribution in [0.25, 0.3) is 0 Å². The molecular formula is C20H20ClFN2O4. The van der Waals surface area contributed by atoms with Gasteiger partial charge in [-0.25, -0.2) is 4.39 Å². The van der Waals surface area contributed by atoms with Crippen molar-refractivity contribution in [1.82, 2.24) is 0 Å². The van der Waals surface area contributed by atoms with E-state index >= 15 is 0 Å². The van der Waals surface area contributed by atoms with Gasteiger partial charge in [0, 0.05) is 42.5 Å². The Kier molecular flexibility index (Phi) is 6.49. The third-order valence-corrected chi connectivity index (χ3v) is 4.63. The third-order valence-electron chi connectivity index (χ3n) is 4.38. The zero-order chi connectivity index (χ0) is 20.1. The number of ether oxygens (including phenoxy) is 2. The van der Waals surface area contributed by atoms with Gasteiger partial charge in [0.25, 0.3) is 0 Å². The molecule has 1 atom stereocenters. The largest absolute Gasteiger partial charge is 0.488 e. The topological polar surface area (TPSA) is 67.9 Å². The highest BCUT2D eigenvalue weighted by molar-refractivity contribution is 6.30. The average Bonchev–Trinajstić information content (AvgIpc) is 3.06. The summed E-state index contributed by atoms with van der Waals surface area (Å²) >= 11 is 5.87. The van der Waals surface area contributed by atoms with Gasteiger partial charge in [-0.15, -0.1) is 0 Å². The fraction of sp³-hybridized carbons (Fsp3) is 0.300. The van der Waals surface area contributed by atoms with Crippen molar-refractivity contribution in [1.29, 1.82) is 0 Å². The molecular weight excluding hydrogens is 387 g/mol. The second kappa shape index (κ2) is 9.03. The van der Waals surface area contributed by atoms with Crippen LogP contribution in [0.2, 0.25) is 5.02 Å². The number of methoxy groups -OCH3 is 1. The smallest absolute Gasteiger partial charge is 0.229 e. The first-order chi connectivity index (χ1) is 13.5. The molecule has 0 saturated carbocycles. The first-order valence-electron chi connectivity index (χ1n) is 8.76. The Hall–Kier alpha value is -2.64. The van der Waals surface area contributed by atoms with Crippen LogP contribution in [0.5, 0.6) is 5.75 Å². The molecule has 148 valence electrons. The van der Waals surface area contributed by atoms with Crippen LogP contribution in [0, 0.1) is 11.7 Å². The van der Waals surface area contributed by atoms with Gasteiger partial charge in [0.15, 0.2) is 11.6 Å². The molecule has 1 heterocycles. The highest BCUT2D eigenvalue weighted by Crippen LogP contribution is 2.28. The van der Waals surface area contributed by atoms with E-state index in [9.17, 15) is 14.0 Å². The zero-order valence-electron chi connectivity index (χ0n) is 15.3. The van der Waals surface area contributed by atoms with Crippen LogP contribution < -0.4 is 15.0 Å². The molecule has 1 saturated heterocycles. The second-order valence-electron chi connectivity index (χ2n) is 6.36. The lowest BCUT2D eigenvalue weighted by Crippen LogP contribution is -2.28. The quantitative estimate of drug-likeness (QED) is 0.715. The average molecular weight is 407 g/mol. The Morgan fingerprint density at radius 1 is 1.25 bits per heavy atom. The number of nitrogens with one attached hydrogen (secondary N) is 1. The lowest BCUT2D eigenvalue weighted by molar-refractivity contribution is -0.122. The van der Waals surface area contributed by atoms with Gasteiger partial charge in [0.2, 0.25) is 11.8 Å². The number of anilines is 2. The molecule has 28 heavy (non-hydrogen) atoms. The minimum absolute atomic E-state index is 0.0833. The standard InChI is InChI=1S/C20H20ClFN2O4/c1-27-8-9-28-18-7-4-15(11-17(18)22)23-20(26)13-10-19(25)24(12-13)16-5-2-14(21)3-6-16/h2-7,11,13H,8-10,12H2,1H3,(H,23,26). The molecule has 6 nitrogen and oxygen atoms in total. The summed E-state index contributed by atoms with van der Waals surface area (Å²) in [6.45, 7) is 0.828. The lowest BCUT2D eigenvalue weighted by atomic mass is 10.1. The fourth-order valence-electron chi connectivity index (χ4n) is 2.93. The van der Waals surface area contributed by atoms with Crippen molar-refractivity contribution < 1.29 is 23.5 Å². The molecule has 0 aliphatic carbocycles. The Labute approximate surface area is 167 Å². The van der Waals surface area contributed by atoms with Crippen LogP contribution in [-0.2, 0) is 14.3 Å². The van der Waals surface area contributed by atoms with E-state index in [2.05, 4.69) is 5.32 Å².